The summed E-state index contributed by atoms with van der Waals surface area (Å²) in [4.78, 5) is 22.7. The zero-order valence-electron chi connectivity index (χ0n) is 15.8. The van der Waals surface area contributed by atoms with Crippen molar-refractivity contribution in [2.75, 3.05) is 13.1 Å². The molecule has 6 nitrogen and oxygen atoms in total. The summed E-state index contributed by atoms with van der Waals surface area (Å²) < 4.78 is 1.13. The quantitative estimate of drug-likeness (QED) is 0.348. The van der Waals surface area contributed by atoms with Crippen molar-refractivity contribution in [3.05, 3.63) is 68.8 Å². The highest BCUT2D eigenvalue weighted by molar-refractivity contribution is 14.1. The van der Waals surface area contributed by atoms with E-state index in [0.29, 0.717) is 32.4 Å². The Morgan fingerprint density at radius 1 is 1.14 bits per heavy atom. The van der Waals surface area contributed by atoms with Crippen molar-refractivity contribution in [1.29, 1.82) is 0 Å². The van der Waals surface area contributed by atoms with Crippen LogP contribution in [0.4, 0.5) is 0 Å². The lowest BCUT2D eigenvalue weighted by Gasteiger charge is -2.23. The number of carboxylic acid groups (broad SMARTS) is 1. The SMILES string of the molecule is CC(=O)N(CCC(O)Cc1cccc(I)c1)NCCc1ccc(C(=O)O)cc1. The Labute approximate surface area is 178 Å². The first-order chi connectivity index (χ1) is 13.3. The van der Waals surface area contributed by atoms with Gasteiger partial charge in [-0.05, 0) is 77.2 Å². The summed E-state index contributed by atoms with van der Waals surface area (Å²) in [5.74, 6) is -1.06. The van der Waals surface area contributed by atoms with E-state index in [1.165, 1.54) is 11.9 Å². The van der Waals surface area contributed by atoms with Crippen LogP contribution in [0, 0.1) is 3.57 Å². The molecule has 2 aromatic rings. The van der Waals surface area contributed by atoms with Crippen LogP contribution in [0.25, 0.3) is 0 Å². The van der Waals surface area contributed by atoms with Gasteiger partial charge in [-0.1, -0.05) is 24.3 Å². The molecule has 0 aliphatic carbocycles. The maximum atomic E-state index is 11.8. The number of hydrogen-bond donors (Lipinski definition) is 3. The standard InChI is InChI=1S/C21H25IN2O4/c1-15(25)24(12-10-20(26)14-17-3-2-4-19(22)13-17)23-11-9-16-5-7-18(8-6-16)21(27)28/h2-8,13,20,23,26H,9-12,14H2,1H3,(H,27,28). The minimum absolute atomic E-state index is 0.109. The Morgan fingerprint density at radius 3 is 2.46 bits per heavy atom. The monoisotopic (exact) mass is 496 g/mol. The number of hydrogen-bond acceptors (Lipinski definition) is 4. The first-order valence-corrected chi connectivity index (χ1v) is 10.2. The minimum atomic E-state index is -0.948. The van der Waals surface area contributed by atoms with E-state index in [4.69, 9.17) is 5.11 Å². The van der Waals surface area contributed by atoms with Gasteiger partial charge in [0.2, 0.25) is 5.91 Å². The second kappa shape index (κ2) is 11.1. The number of halogens is 1. The number of aliphatic hydroxyl groups excluding tert-OH is 1. The third-order valence-electron chi connectivity index (χ3n) is 4.34. The molecule has 0 aromatic heterocycles. The van der Waals surface area contributed by atoms with Crippen molar-refractivity contribution in [3.8, 4) is 0 Å². The number of benzene rings is 2. The Kier molecular flexibility index (Phi) is 8.88. The van der Waals surface area contributed by atoms with E-state index in [0.717, 1.165) is 14.7 Å². The van der Waals surface area contributed by atoms with Crippen molar-refractivity contribution in [1.82, 2.24) is 10.4 Å². The molecule has 0 fully saturated rings. The summed E-state index contributed by atoms with van der Waals surface area (Å²) >= 11 is 2.24. The number of nitrogens with zero attached hydrogens (tertiary/aromatic N) is 1. The van der Waals surface area contributed by atoms with Crippen molar-refractivity contribution in [2.45, 2.75) is 32.3 Å². The molecule has 1 unspecified atom stereocenters. The molecule has 1 amide bonds. The molecule has 0 bridgehead atoms. The highest BCUT2D eigenvalue weighted by atomic mass is 127. The number of hydrazine groups is 1. The highest BCUT2D eigenvalue weighted by Gasteiger charge is 2.12. The first kappa shape index (κ1) is 22.3. The van der Waals surface area contributed by atoms with Crippen molar-refractivity contribution >= 4 is 34.5 Å². The Balaban J connectivity index is 1.77. The molecule has 0 spiro atoms. The molecule has 28 heavy (non-hydrogen) atoms. The number of aromatic carboxylic acids is 1. The van der Waals surface area contributed by atoms with Gasteiger partial charge in [0.05, 0.1) is 11.7 Å². The van der Waals surface area contributed by atoms with Crippen molar-refractivity contribution in [3.63, 3.8) is 0 Å². The van der Waals surface area contributed by atoms with E-state index in [2.05, 4.69) is 28.0 Å². The van der Waals surface area contributed by atoms with E-state index in [-0.39, 0.29) is 11.5 Å². The number of aliphatic hydroxyl groups is 1. The second-order valence-corrected chi connectivity index (χ2v) is 7.85. The molecule has 0 aliphatic rings. The van der Waals surface area contributed by atoms with Crippen LogP contribution < -0.4 is 5.43 Å². The van der Waals surface area contributed by atoms with E-state index in [1.807, 2.05) is 24.3 Å². The lowest BCUT2D eigenvalue weighted by Crippen LogP contribution is -2.44. The van der Waals surface area contributed by atoms with E-state index in [1.54, 1.807) is 24.3 Å². The molecule has 0 saturated heterocycles. The highest BCUT2D eigenvalue weighted by Crippen LogP contribution is 2.11. The van der Waals surface area contributed by atoms with Crippen LogP contribution in [-0.2, 0) is 17.6 Å². The third-order valence-corrected chi connectivity index (χ3v) is 5.01. The molecule has 2 rings (SSSR count). The average Bonchev–Trinajstić information content (AvgIpc) is 2.64. The molecule has 7 heteroatoms. The maximum Gasteiger partial charge on any atom is 0.335 e. The van der Waals surface area contributed by atoms with E-state index < -0.39 is 12.1 Å². The summed E-state index contributed by atoms with van der Waals surface area (Å²) in [7, 11) is 0. The summed E-state index contributed by atoms with van der Waals surface area (Å²) in [6.07, 6.45) is 1.17. The summed E-state index contributed by atoms with van der Waals surface area (Å²) in [6.45, 7) is 2.44. The molecule has 0 radical (unpaired) electrons. The lowest BCUT2D eigenvalue weighted by atomic mass is 10.1. The summed E-state index contributed by atoms with van der Waals surface area (Å²) in [5, 5.41) is 20.7. The molecule has 0 saturated carbocycles. The predicted molar refractivity (Wildman–Crippen MR) is 116 cm³/mol. The van der Waals surface area contributed by atoms with Crippen molar-refractivity contribution in [2.24, 2.45) is 0 Å². The van der Waals surface area contributed by atoms with Gasteiger partial charge in [0.1, 0.15) is 0 Å². The van der Waals surface area contributed by atoms with Gasteiger partial charge < -0.3 is 10.2 Å². The van der Waals surface area contributed by atoms with E-state index >= 15 is 0 Å². The second-order valence-electron chi connectivity index (χ2n) is 6.61. The predicted octanol–water partition coefficient (Wildman–Crippen LogP) is 2.88. The van der Waals surface area contributed by atoms with Gasteiger partial charge in [0.25, 0.3) is 0 Å². The van der Waals surface area contributed by atoms with Gasteiger partial charge in [-0.25, -0.2) is 10.2 Å². The molecular weight excluding hydrogens is 471 g/mol. The van der Waals surface area contributed by atoms with Crippen LogP contribution in [-0.4, -0.2) is 46.3 Å². The topological polar surface area (TPSA) is 89.9 Å². The number of carboxylic acids is 1. The average molecular weight is 496 g/mol. The smallest absolute Gasteiger partial charge is 0.335 e. The lowest BCUT2D eigenvalue weighted by molar-refractivity contribution is -0.132. The van der Waals surface area contributed by atoms with Gasteiger partial charge in [0.15, 0.2) is 0 Å². The Morgan fingerprint density at radius 2 is 1.86 bits per heavy atom. The fourth-order valence-electron chi connectivity index (χ4n) is 2.81. The maximum absolute atomic E-state index is 11.8. The number of carbonyl (C=O) groups is 2. The number of carbonyl (C=O) groups excluding carboxylic acids is 1. The Bertz CT molecular complexity index is 795. The largest absolute Gasteiger partial charge is 0.478 e. The fraction of sp³-hybridized carbons (Fsp3) is 0.333. The zero-order valence-corrected chi connectivity index (χ0v) is 17.9. The molecule has 3 N–H and O–H groups in total. The van der Waals surface area contributed by atoms with Crippen LogP contribution in [0.15, 0.2) is 48.5 Å². The summed E-state index contributed by atoms with van der Waals surface area (Å²) in [6, 6.07) is 14.7. The number of rotatable bonds is 10. The van der Waals surface area contributed by atoms with Gasteiger partial charge >= 0.3 is 5.97 Å². The van der Waals surface area contributed by atoms with Gasteiger partial charge in [-0.2, -0.15) is 0 Å². The van der Waals surface area contributed by atoms with Gasteiger partial charge in [-0.15, -0.1) is 0 Å². The molecule has 0 aliphatic heterocycles. The summed E-state index contributed by atoms with van der Waals surface area (Å²) in [5.41, 5.74) is 5.40. The van der Waals surface area contributed by atoms with Crippen molar-refractivity contribution < 1.29 is 19.8 Å². The van der Waals surface area contributed by atoms with Gasteiger partial charge in [0, 0.05) is 23.6 Å². The third kappa shape index (κ3) is 7.57. The van der Waals surface area contributed by atoms with Gasteiger partial charge in [-0.3, -0.25) is 9.80 Å². The van der Waals surface area contributed by atoms with Crippen LogP contribution in [0.1, 0.15) is 34.8 Å². The van der Waals surface area contributed by atoms with Crippen LogP contribution in [0.2, 0.25) is 0 Å². The van der Waals surface area contributed by atoms with Crippen LogP contribution in [0.5, 0.6) is 0 Å². The molecule has 150 valence electrons. The normalized spacial score (nSPS) is 11.8. The molecule has 0 heterocycles. The minimum Gasteiger partial charge on any atom is -0.478 e. The first-order valence-electron chi connectivity index (χ1n) is 9.11. The fourth-order valence-corrected chi connectivity index (χ4v) is 3.42. The van der Waals surface area contributed by atoms with E-state index in [9.17, 15) is 14.7 Å². The molecule has 1 atom stereocenters. The zero-order chi connectivity index (χ0) is 20.5. The molecule has 2 aromatic carbocycles. The van der Waals surface area contributed by atoms with Crippen LogP contribution >= 0.6 is 22.6 Å². The number of nitrogens with one attached hydrogen (secondary N) is 1. The van der Waals surface area contributed by atoms with Crippen LogP contribution in [0.3, 0.4) is 0 Å². The Hall–Kier alpha value is -1.97. The molecular formula is C21H25IN2O4. The number of amides is 1.